The van der Waals surface area contributed by atoms with Gasteiger partial charge in [-0.3, -0.25) is 14.3 Å². The fourth-order valence-electron chi connectivity index (χ4n) is 3.42. The molecule has 0 saturated heterocycles. The minimum absolute atomic E-state index is 0.0181. The topological polar surface area (TPSA) is 76.9 Å². The molecule has 0 aliphatic heterocycles. The molecule has 2 aromatic heterocycles. The zero-order valence-corrected chi connectivity index (χ0v) is 15.3. The maximum atomic E-state index is 12.5. The van der Waals surface area contributed by atoms with E-state index in [0.717, 1.165) is 35.7 Å². The molecule has 0 radical (unpaired) electrons. The van der Waals surface area contributed by atoms with Gasteiger partial charge in [0.25, 0.3) is 0 Å². The highest BCUT2D eigenvalue weighted by Crippen LogP contribution is 2.32. The lowest BCUT2D eigenvalue weighted by atomic mass is 9.97. The summed E-state index contributed by atoms with van der Waals surface area (Å²) in [5.74, 6) is -0.120. The summed E-state index contributed by atoms with van der Waals surface area (Å²) < 4.78 is 1.61. The van der Waals surface area contributed by atoms with Gasteiger partial charge in [-0.25, -0.2) is 4.98 Å². The highest BCUT2D eigenvalue weighted by Gasteiger charge is 2.26. The van der Waals surface area contributed by atoms with E-state index in [1.54, 1.807) is 22.9 Å². The van der Waals surface area contributed by atoms with E-state index >= 15 is 0 Å². The van der Waals surface area contributed by atoms with Gasteiger partial charge in [0.15, 0.2) is 5.78 Å². The van der Waals surface area contributed by atoms with Crippen LogP contribution >= 0.6 is 11.3 Å². The second-order valence-electron chi connectivity index (χ2n) is 6.31. The molecule has 1 amide bonds. The number of carbonyl (C=O) groups excluding carboxylic acids is 2. The van der Waals surface area contributed by atoms with Crippen molar-refractivity contribution >= 4 is 23.0 Å². The van der Waals surface area contributed by atoms with Crippen LogP contribution in [0.1, 0.15) is 63.1 Å². The van der Waals surface area contributed by atoms with Gasteiger partial charge in [-0.05, 0) is 47.0 Å². The summed E-state index contributed by atoms with van der Waals surface area (Å²) in [6.45, 7) is 7.27. The first-order valence-corrected chi connectivity index (χ1v) is 8.99. The average molecular weight is 346 g/mol. The quantitative estimate of drug-likeness (QED) is 0.864. The SMILES string of the molecule is CC(=O)c1c(C)nn(CC(=O)N[C@@H]2CCCc3sc(C)nc32)c1C. The number of nitrogens with zero attached hydrogens (tertiary/aromatic N) is 3. The van der Waals surface area contributed by atoms with E-state index in [1.165, 1.54) is 11.8 Å². The van der Waals surface area contributed by atoms with Crippen molar-refractivity contribution in [3.05, 3.63) is 32.5 Å². The normalized spacial score (nSPS) is 16.8. The van der Waals surface area contributed by atoms with Crippen molar-refractivity contribution in [3.63, 3.8) is 0 Å². The minimum atomic E-state index is -0.0980. The van der Waals surface area contributed by atoms with E-state index in [4.69, 9.17) is 0 Å². The first-order chi connectivity index (χ1) is 11.4. The molecule has 1 N–H and O–H groups in total. The monoisotopic (exact) mass is 346 g/mol. The third kappa shape index (κ3) is 3.13. The van der Waals surface area contributed by atoms with Gasteiger partial charge in [0.2, 0.25) is 5.91 Å². The molecule has 1 atom stereocenters. The van der Waals surface area contributed by atoms with Crippen molar-refractivity contribution in [2.45, 2.75) is 59.5 Å². The molecule has 6 nitrogen and oxygen atoms in total. The first-order valence-electron chi connectivity index (χ1n) is 8.17. The van der Waals surface area contributed by atoms with Crippen LogP contribution in [0, 0.1) is 20.8 Å². The van der Waals surface area contributed by atoms with Crippen molar-refractivity contribution in [1.29, 1.82) is 0 Å². The number of aryl methyl sites for hydroxylation is 3. The van der Waals surface area contributed by atoms with Crippen LogP contribution in [-0.2, 0) is 17.8 Å². The van der Waals surface area contributed by atoms with E-state index in [9.17, 15) is 9.59 Å². The number of Topliss-reactive ketones (excluding diaryl/α,β-unsaturated/α-hetero) is 1. The third-order valence-corrected chi connectivity index (χ3v) is 5.47. The molecule has 7 heteroatoms. The largest absolute Gasteiger partial charge is 0.346 e. The second kappa shape index (κ2) is 6.47. The van der Waals surface area contributed by atoms with Crippen LogP contribution in [0.4, 0.5) is 0 Å². The Morgan fingerprint density at radius 3 is 2.75 bits per heavy atom. The number of hydrogen-bond donors (Lipinski definition) is 1. The van der Waals surface area contributed by atoms with Gasteiger partial charge in [-0.1, -0.05) is 0 Å². The molecule has 0 saturated carbocycles. The predicted octanol–water partition coefficient (Wildman–Crippen LogP) is 2.66. The number of carbonyl (C=O) groups is 2. The Morgan fingerprint density at radius 2 is 2.08 bits per heavy atom. The van der Waals surface area contributed by atoms with Crippen LogP contribution < -0.4 is 5.32 Å². The van der Waals surface area contributed by atoms with E-state index in [1.807, 2.05) is 13.8 Å². The van der Waals surface area contributed by atoms with Gasteiger partial charge in [-0.2, -0.15) is 5.10 Å². The summed E-state index contributed by atoms with van der Waals surface area (Å²) in [4.78, 5) is 30.0. The Labute approximate surface area is 145 Å². The number of ketones is 1. The molecule has 24 heavy (non-hydrogen) atoms. The highest BCUT2D eigenvalue weighted by atomic mass is 32.1. The lowest BCUT2D eigenvalue weighted by Crippen LogP contribution is -2.34. The lowest BCUT2D eigenvalue weighted by molar-refractivity contribution is -0.122. The molecule has 0 fully saturated rings. The van der Waals surface area contributed by atoms with Gasteiger partial charge in [0.05, 0.1) is 28.0 Å². The minimum Gasteiger partial charge on any atom is -0.346 e. The number of fused-ring (bicyclic) bond motifs is 1. The van der Waals surface area contributed by atoms with Gasteiger partial charge in [-0.15, -0.1) is 11.3 Å². The van der Waals surface area contributed by atoms with Crippen molar-refractivity contribution in [3.8, 4) is 0 Å². The maximum Gasteiger partial charge on any atom is 0.242 e. The predicted molar refractivity (Wildman–Crippen MR) is 92.4 cm³/mol. The molecule has 0 aromatic carbocycles. The second-order valence-corrected chi connectivity index (χ2v) is 7.60. The van der Waals surface area contributed by atoms with Crippen LogP contribution in [0.3, 0.4) is 0 Å². The van der Waals surface area contributed by atoms with Crippen molar-refractivity contribution < 1.29 is 9.59 Å². The molecule has 1 aliphatic carbocycles. The summed E-state index contributed by atoms with van der Waals surface area (Å²) in [7, 11) is 0. The fraction of sp³-hybridized carbons (Fsp3) is 0.529. The smallest absolute Gasteiger partial charge is 0.242 e. The zero-order chi connectivity index (χ0) is 17.4. The van der Waals surface area contributed by atoms with Crippen LogP contribution in [-0.4, -0.2) is 26.5 Å². The number of hydrogen-bond acceptors (Lipinski definition) is 5. The number of nitrogens with one attached hydrogen (secondary N) is 1. The van der Waals surface area contributed by atoms with Crippen LogP contribution in [0.5, 0.6) is 0 Å². The zero-order valence-electron chi connectivity index (χ0n) is 14.5. The van der Waals surface area contributed by atoms with Crippen molar-refractivity contribution in [1.82, 2.24) is 20.1 Å². The molecule has 2 heterocycles. The Hall–Kier alpha value is -2.02. The molecule has 3 rings (SSSR count). The Bertz CT molecular complexity index is 806. The van der Waals surface area contributed by atoms with Gasteiger partial charge >= 0.3 is 0 Å². The van der Waals surface area contributed by atoms with Crippen molar-refractivity contribution in [2.24, 2.45) is 0 Å². The van der Waals surface area contributed by atoms with Gasteiger partial charge < -0.3 is 5.32 Å². The van der Waals surface area contributed by atoms with Gasteiger partial charge in [0, 0.05) is 10.6 Å². The summed E-state index contributed by atoms with van der Waals surface area (Å²) in [5.41, 5.74) is 3.04. The third-order valence-electron chi connectivity index (χ3n) is 4.42. The number of thiazole rings is 1. The van der Waals surface area contributed by atoms with E-state index < -0.39 is 0 Å². The van der Waals surface area contributed by atoms with Crippen LogP contribution in [0.25, 0.3) is 0 Å². The Balaban J connectivity index is 1.73. The fourth-order valence-corrected chi connectivity index (χ4v) is 4.46. The summed E-state index contributed by atoms with van der Waals surface area (Å²) in [6.07, 6.45) is 3.03. The Morgan fingerprint density at radius 1 is 1.33 bits per heavy atom. The molecule has 2 aromatic rings. The molecule has 0 unspecified atom stereocenters. The maximum absolute atomic E-state index is 12.5. The Kier molecular flexibility index (Phi) is 4.54. The average Bonchev–Trinajstić information content (AvgIpc) is 2.99. The van der Waals surface area contributed by atoms with Crippen molar-refractivity contribution in [2.75, 3.05) is 0 Å². The molecule has 1 aliphatic rings. The van der Waals surface area contributed by atoms with Crippen LogP contribution in [0.15, 0.2) is 0 Å². The van der Waals surface area contributed by atoms with E-state index in [-0.39, 0.29) is 24.3 Å². The lowest BCUT2D eigenvalue weighted by Gasteiger charge is -2.22. The summed E-state index contributed by atoms with van der Waals surface area (Å²) in [5, 5.41) is 8.46. The molecule has 0 bridgehead atoms. The highest BCUT2D eigenvalue weighted by molar-refractivity contribution is 7.11. The molecular weight excluding hydrogens is 324 g/mol. The van der Waals surface area contributed by atoms with E-state index in [2.05, 4.69) is 15.4 Å². The number of rotatable bonds is 4. The first kappa shape index (κ1) is 16.8. The number of amides is 1. The van der Waals surface area contributed by atoms with Crippen LogP contribution in [0.2, 0.25) is 0 Å². The number of aromatic nitrogens is 3. The van der Waals surface area contributed by atoms with E-state index in [0.29, 0.717) is 11.3 Å². The molecule has 0 spiro atoms. The summed E-state index contributed by atoms with van der Waals surface area (Å²) in [6, 6.07) is -0.0181. The molecular formula is C17H22N4O2S. The summed E-state index contributed by atoms with van der Waals surface area (Å²) >= 11 is 1.72. The van der Waals surface area contributed by atoms with Gasteiger partial charge in [0.1, 0.15) is 6.54 Å². The standard InChI is InChI=1S/C17H22N4O2S/c1-9-16(11(3)22)10(2)21(20-9)8-15(23)19-13-6-5-7-14-17(13)18-12(4)24-14/h13H,5-8H2,1-4H3,(H,19,23)/t13-/m1/s1. The molecule has 128 valence electrons.